The van der Waals surface area contributed by atoms with Crippen LogP contribution in [0.25, 0.3) is 0 Å². The van der Waals surface area contributed by atoms with Crippen molar-refractivity contribution in [2.45, 2.75) is 44.8 Å². The van der Waals surface area contributed by atoms with Crippen LogP contribution in [0, 0.1) is 0 Å². The number of carboxylic acid groups (broad SMARTS) is 1. The van der Waals surface area contributed by atoms with Crippen molar-refractivity contribution < 1.29 is 33.8 Å². The molecule has 8 nitrogen and oxygen atoms in total. The molecule has 2 N–H and O–H groups in total. The second kappa shape index (κ2) is 8.89. The van der Waals surface area contributed by atoms with E-state index in [4.69, 9.17) is 9.84 Å². The number of ether oxygens (including phenoxy) is 2. The van der Waals surface area contributed by atoms with Gasteiger partial charge < -0.3 is 19.9 Å². The smallest absolute Gasteiger partial charge is 0.370 e. The van der Waals surface area contributed by atoms with Crippen molar-refractivity contribution in [1.82, 2.24) is 5.32 Å². The molecule has 2 atom stereocenters. The summed E-state index contributed by atoms with van der Waals surface area (Å²) in [6.45, 7) is 5.52. The molecule has 0 aliphatic heterocycles. The zero-order valence-electron chi connectivity index (χ0n) is 12.6. The van der Waals surface area contributed by atoms with E-state index in [2.05, 4.69) is 22.7 Å². The third kappa shape index (κ3) is 8.78. The predicted octanol–water partition coefficient (Wildman–Crippen LogP) is 1.04. The number of nitrogens with one attached hydrogen (secondary N) is 1. The van der Waals surface area contributed by atoms with Crippen LogP contribution in [-0.4, -0.2) is 51.1 Å². The van der Waals surface area contributed by atoms with E-state index in [1.54, 1.807) is 0 Å². The van der Waals surface area contributed by atoms with Crippen molar-refractivity contribution in [1.29, 1.82) is 0 Å². The Morgan fingerprint density at radius 2 is 1.82 bits per heavy atom. The molecular formula is C12H19NO7S2. The largest absolute Gasteiger partial charge is 0.480 e. The number of carbonyl (C=O) groups is 4. The van der Waals surface area contributed by atoms with Gasteiger partial charge in [0.05, 0.1) is 4.75 Å². The van der Waals surface area contributed by atoms with E-state index < -0.39 is 40.2 Å². The maximum atomic E-state index is 11.7. The summed E-state index contributed by atoms with van der Waals surface area (Å²) >= 11 is 4.57. The van der Waals surface area contributed by atoms with E-state index in [1.807, 2.05) is 0 Å². The first kappa shape index (κ1) is 20.6. The van der Waals surface area contributed by atoms with Gasteiger partial charge in [0, 0.05) is 19.6 Å². The van der Waals surface area contributed by atoms with E-state index in [0.29, 0.717) is 11.8 Å². The average Bonchev–Trinajstić information content (AvgIpc) is 2.30. The average molecular weight is 353 g/mol. The Morgan fingerprint density at radius 1 is 1.27 bits per heavy atom. The maximum Gasteiger partial charge on any atom is 0.370 e. The molecule has 0 aliphatic carbocycles. The molecule has 1 amide bonds. The minimum Gasteiger partial charge on any atom is -0.480 e. The van der Waals surface area contributed by atoms with Gasteiger partial charge in [0.25, 0.3) is 0 Å². The molecule has 0 aliphatic rings. The number of amides is 1. The predicted molar refractivity (Wildman–Crippen MR) is 82.8 cm³/mol. The highest BCUT2D eigenvalue weighted by molar-refractivity contribution is 8.13. The van der Waals surface area contributed by atoms with Gasteiger partial charge in [-0.3, -0.25) is 9.59 Å². The quantitative estimate of drug-likeness (QED) is 0.353. The number of rotatable bonds is 7. The van der Waals surface area contributed by atoms with E-state index in [9.17, 15) is 19.2 Å². The summed E-state index contributed by atoms with van der Waals surface area (Å²) in [5.74, 6) is -2.72. The third-order valence-electron chi connectivity index (χ3n) is 2.12. The van der Waals surface area contributed by atoms with Crippen LogP contribution in [0.5, 0.6) is 0 Å². The zero-order chi connectivity index (χ0) is 17.5. The number of thiol groups is 1. The van der Waals surface area contributed by atoms with Crippen molar-refractivity contribution >= 4 is 47.5 Å². The molecule has 10 heteroatoms. The van der Waals surface area contributed by atoms with Gasteiger partial charge in [0.1, 0.15) is 6.04 Å². The molecule has 0 saturated carbocycles. The number of esters is 1. The Balaban J connectivity index is 4.42. The molecule has 0 fully saturated rings. The molecule has 0 saturated heterocycles. The van der Waals surface area contributed by atoms with Crippen molar-refractivity contribution in [3.8, 4) is 0 Å². The number of aliphatic carboxylic acids is 1. The van der Waals surface area contributed by atoms with Crippen LogP contribution in [0.1, 0.15) is 27.7 Å². The first-order valence-corrected chi connectivity index (χ1v) is 7.63. The van der Waals surface area contributed by atoms with Gasteiger partial charge in [0.2, 0.25) is 12.2 Å². The molecule has 126 valence electrons. The molecule has 0 aromatic rings. The fourth-order valence-electron chi connectivity index (χ4n) is 1.09. The number of hydrogen-bond donors (Lipinski definition) is 3. The summed E-state index contributed by atoms with van der Waals surface area (Å²) in [6.07, 6.45) is -1.08. The summed E-state index contributed by atoms with van der Waals surface area (Å²) in [5.41, 5.74) is 0. The lowest BCUT2D eigenvalue weighted by molar-refractivity contribution is -0.160. The number of carboxylic acids is 1. The van der Waals surface area contributed by atoms with Gasteiger partial charge in [-0.15, -0.1) is 0 Å². The Morgan fingerprint density at radius 3 is 2.23 bits per heavy atom. The summed E-state index contributed by atoms with van der Waals surface area (Å²) in [6, 6.07) is -1.28. The van der Waals surface area contributed by atoms with Gasteiger partial charge in [-0.2, -0.15) is 12.6 Å². The number of thioether (sulfide) groups is 1. The number of hydrogen-bond acceptors (Lipinski definition) is 8. The molecule has 0 aromatic heterocycles. The van der Waals surface area contributed by atoms with E-state index in [1.165, 1.54) is 20.8 Å². The standard InChI is InChI=1S/C12H19NO7S2/c1-6(14)19-7(2)20-11(18)22-5-8(9(15)16)13-10(17)12(3,4)21/h7-8,21H,5H2,1-4H3,(H,13,17)(H,15,16)/t7-,8+/m1/s1. The summed E-state index contributed by atoms with van der Waals surface area (Å²) < 4.78 is 8.26. The van der Waals surface area contributed by atoms with Gasteiger partial charge in [-0.05, 0) is 25.6 Å². The van der Waals surface area contributed by atoms with E-state index in [-0.39, 0.29) is 5.75 Å². The Kier molecular flexibility index (Phi) is 8.31. The molecule has 0 unspecified atom stereocenters. The first-order valence-electron chi connectivity index (χ1n) is 6.20. The molecule has 0 rings (SSSR count). The third-order valence-corrected chi connectivity index (χ3v) is 3.16. The SMILES string of the molecule is CC(=O)O[C@@H](C)OC(=O)SC[C@H](NC(=O)C(C)(C)S)C(=O)O. The minimum atomic E-state index is -1.29. The molecule has 0 aromatic carbocycles. The number of carbonyl (C=O) groups excluding carboxylic acids is 3. The normalized spacial score (nSPS) is 13.7. The van der Waals surface area contributed by atoms with Gasteiger partial charge in [0.15, 0.2) is 0 Å². The van der Waals surface area contributed by atoms with Crippen LogP contribution < -0.4 is 5.32 Å². The van der Waals surface area contributed by atoms with Crippen LogP contribution >= 0.6 is 24.4 Å². The highest BCUT2D eigenvalue weighted by atomic mass is 32.2. The highest BCUT2D eigenvalue weighted by Gasteiger charge is 2.29. The van der Waals surface area contributed by atoms with Crippen LogP contribution in [0.2, 0.25) is 0 Å². The lowest BCUT2D eigenvalue weighted by Gasteiger charge is -2.21. The van der Waals surface area contributed by atoms with E-state index in [0.717, 1.165) is 6.92 Å². The van der Waals surface area contributed by atoms with Gasteiger partial charge >= 0.3 is 17.2 Å². The Bertz CT molecular complexity index is 447. The van der Waals surface area contributed by atoms with Crippen molar-refractivity contribution in [3.63, 3.8) is 0 Å². The Hall–Kier alpha value is -1.42. The summed E-state index contributed by atoms with van der Waals surface area (Å²) in [5, 5.41) is 10.5. The highest BCUT2D eigenvalue weighted by Crippen LogP contribution is 2.14. The van der Waals surface area contributed by atoms with Crippen LogP contribution in [0.4, 0.5) is 4.79 Å². The second-order valence-corrected chi connectivity index (χ2v) is 6.85. The monoisotopic (exact) mass is 353 g/mol. The lowest BCUT2D eigenvalue weighted by atomic mass is 10.2. The van der Waals surface area contributed by atoms with Crippen LogP contribution in [-0.2, 0) is 23.9 Å². The van der Waals surface area contributed by atoms with Crippen molar-refractivity contribution in [2.24, 2.45) is 0 Å². The van der Waals surface area contributed by atoms with E-state index >= 15 is 0 Å². The molecule has 22 heavy (non-hydrogen) atoms. The van der Waals surface area contributed by atoms with Crippen LogP contribution in [0.15, 0.2) is 0 Å². The van der Waals surface area contributed by atoms with Crippen molar-refractivity contribution in [2.75, 3.05) is 5.75 Å². The maximum absolute atomic E-state index is 11.7. The molecule has 0 spiro atoms. The van der Waals surface area contributed by atoms with Crippen molar-refractivity contribution in [3.05, 3.63) is 0 Å². The topological polar surface area (TPSA) is 119 Å². The summed E-state index contributed by atoms with van der Waals surface area (Å²) in [7, 11) is 0. The molecular weight excluding hydrogens is 334 g/mol. The first-order chi connectivity index (χ1) is 9.93. The zero-order valence-corrected chi connectivity index (χ0v) is 14.3. The Labute approximate surface area is 137 Å². The summed E-state index contributed by atoms with van der Waals surface area (Å²) in [4.78, 5) is 44.9. The lowest BCUT2D eigenvalue weighted by Crippen LogP contribution is -2.48. The van der Waals surface area contributed by atoms with Gasteiger partial charge in [-0.1, -0.05) is 0 Å². The fourth-order valence-corrected chi connectivity index (χ4v) is 1.88. The molecule has 0 bridgehead atoms. The van der Waals surface area contributed by atoms with Crippen LogP contribution in [0.3, 0.4) is 0 Å². The fraction of sp³-hybridized carbons (Fsp3) is 0.667. The molecule has 0 radical (unpaired) electrons. The minimum absolute atomic E-state index is 0.240. The second-order valence-electron chi connectivity index (χ2n) is 4.78. The van der Waals surface area contributed by atoms with Gasteiger partial charge in [-0.25, -0.2) is 9.59 Å². The molecule has 0 heterocycles.